The van der Waals surface area contributed by atoms with E-state index < -0.39 is 0 Å². The predicted molar refractivity (Wildman–Crippen MR) is 105 cm³/mol. The molecule has 1 aromatic rings. The smallest absolute Gasteiger partial charge is 0.494 e. The molecular weight excluding hydrogens is 327 g/mol. The van der Waals surface area contributed by atoms with E-state index in [1.54, 1.807) is 0 Å². The minimum absolute atomic E-state index is 0.308. The molecule has 2 fully saturated rings. The van der Waals surface area contributed by atoms with E-state index in [0.29, 0.717) is 0 Å². The van der Waals surface area contributed by atoms with Crippen LogP contribution in [0.1, 0.15) is 59.8 Å². The summed E-state index contributed by atoms with van der Waals surface area (Å²) in [5.74, 6) is 1.76. The molecule has 5 heteroatoms. The van der Waals surface area contributed by atoms with Crippen molar-refractivity contribution < 1.29 is 18.8 Å². The second-order valence-electron chi connectivity index (χ2n) is 8.56. The molecule has 3 rings (SSSR count). The quantitative estimate of drug-likeness (QED) is 0.545. The van der Waals surface area contributed by atoms with Crippen molar-refractivity contribution in [2.24, 2.45) is 5.92 Å². The van der Waals surface area contributed by atoms with Crippen LogP contribution in [-0.2, 0) is 14.0 Å². The van der Waals surface area contributed by atoms with E-state index in [4.69, 9.17) is 18.8 Å². The Morgan fingerprint density at radius 2 is 1.58 bits per heavy atom. The van der Waals surface area contributed by atoms with Gasteiger partial charge in [-0.2, -0.15) is 0 Å². The second kappa shape index (κ2) is 8.32. The van der Waals surface area contributed by atoms with Crippen molar-refractivity contribution in [2.45, 2.75) is 71.0 Å². The van der Waals surface area contributed by atoms with E-state index >= 15 is 0 Å². The van der Waals surface area contributed by atoms with Crippen LogP contribution in [0.2, 0.25) is 0 Å². The van der Waals surface area contributed by atoms with Gasteiger partial charge in [-0.05, 0) is 76.9 Å². The number of rotatable bonds is 7. The number of benzene rings is 1. The molecule has 0 spiro atoms. The maximum Gasteiger partial charge on any atom is 0.494 e. The van der Waals surface area contributed by atoms with Crippen LogP contribution < -0.4 is 10.2 Å². The topological polar surface area (TPSA) is 36.9 Å². The normalized spacial score (nSPS) is 22.5. The second-order valence-corrected chi connectivity index (χ2v) is 8.56. The fourth-order valence-corrected chi connectivity index (χ4v) is 3.46. The summed E-state index contributed by atoms with van der Waals surface area (Å²) < 4.78 is 23.5. The van der Waals surface area contributed by atoms with Crippen molar-refractivity contribution in [3.8, 4) is 5.75 Å². The molecule has 0 N–H and O–H groups in total. The third kappa shape index (κ3) is 4.82. The van der Waals surface area contributed by atoms with Crippen molar-refractivity contribution in [1.29, 1.82) is 0 Å². The molecule has 0 unspecified atom stereocenters. The van der Waals surface area contributed by atoms with Gasteiger partial charge in [0.15, 0.2) is 0 Å². The van der Waals surface area contributed by atoms with Gasteiger partial charge in [0.1, 0.15) is 5.75 Å². The molecule has 0 aromatic heterocycles. The molecule has 0 aliphatic carbocycles. The van der Waals surface area contributed by atoms with Crippen LogP contribution in [0.4, 0.5) is 0 Å². The number of ether oxygens (including phenoxy) is 2. The molecular formula is C21H33BO4. The Balaban J connectivity index is 1.39. The first-order chi connectivity index (χ1) is 12.4. The summed E-state index contributed by atoms with van der Waals surface area (Å²) in [5, 5.41) is 0. The summed E-state index contributed by atoms with van der Waals surface area (Å²) in [4.78, 5) is 0. The Hall–Kier alpha value is -1.04. The lowest BCUT2D eigenvalue weighted by molar-refractivity contribution is 0.00578. The van der Waals surface area contributed by atoms with Gasteiger partial charge in [-0.15, -0.1) is 0 Å². The zero-order valence-electron chi connectivity index (χ0n) is 16.8. The Morgan fingerprint density at radius 3 is 2.19 bits per heavy atom. The third-order valence-electron chi connectivity index (χ3n) is 6.02. The van der Waals surface area contributed by atoms with Gasteiger partial charge >= 0.3 is 7.12 Å². The molecule has 0 saturated carbocycles. The van der Waals surface area contributed by atoms with E-state index in [1.165, 1.54) is 25.7 Å². The molecule has 0 amide bonds. The van der Waals surface area contributed by atoms with Gasteiger partial charge in [0, 0.05) is 13.2 Å². The van der Waals surface area contributed by atoms with E-state index in [0.717, 1.165) is 43.4 Å². The maximum atomic E-state index is 6.09. The zero-order chi connectivity index (χ0) is 18.6. The molecule has 0 bridgehead atoms. The summed E-state index contributed by atoms with van der Waals surface area (Å²) in [6, 6.07) is 8.11. The van der Waals surface area contributed by atoms with Crippen LogP contribution in [0, 0.1) is 5.92 Å². The van der Waals surface area contributed by atoms with Crippen molar-refractivity contribution in [3.63, 3.8) is 0 Å². The molecule has 2 aliphatic rings. The van der Waals surface area contributed by atoms with Gasteiger partial charge in [0.05, 0.1) is 17.8 Å². The Kier molecular flexibility index (Phi) is 6.31. The summed E-state index contributed by atoms with van der Waals surface area (Å²) in [7, 11) is -0.312. The van der Waals surface area contributed by atoms with Crippen LogP contribution in [0.3, 0.4) is 0 Å². The van der Waals surface area contributed by atoms with E-state index in [2.05, 4.69) is 27.7 Å². The lowest BCUT2D eigenvalue weighted by Crippen LogP contribution is -2.41. The molecule has 0 atom stereocenters. The van der Waals surface area contributed by atoms with E-state index in [-0.39, 0.29) is 18.3 Å². The standard InChI is InChI=1S/C21H33BO4/c1-20(2)21(3,4)26-22(25-20)18-8-10-19(11-9-18)24-14-6-5-7-17-12-15-23-16-13-17/h8-11,17H,5-7,12-16H2,1-4H3. The van der Waals surface area contributed by atoms with Gasteiger partial charge in [0.25, 0.3) is 0 Å². The minimum Gasteiger partial charge on any atom is -0.494 e. The average Bonchev–Trinajstić information content (AvgIpc) is 2.84. The fraction of sp³-hybridized carbons (Fsp3) is 0.714. The van der Waals surface area contributed by atoms with Gasteiger partial charge in [-0.3, -0.25) is 0 Å². The molecule has 2 saturated heterocycles. The van der Waals surface area contributed by atoms with Crippen LogP contribution in [-0.4, -0.2) is 38.1 Å². The van der Waals surface area contributed by atoms with Crippen molar-refractivity contribution in [2.75, 3.05) is 19.8 Å². The monoisotopic (exact) mass is 360 g/mol. The number of hydrogen-bond acceptors (Lipinski definition) is 4. The van der Waals surface area contributed by atoms with Crippen LogP contribution in [0.25, 0.3) is 0 Å². The van der Waals surface area contributed by atoms with E-state index in [9.17, 15) is 0 Å². The number of unbranched alkanes of at least 4 members (excludes halogenated alkanes) is 1. The largest absolute Gasteiger partial charge is 0.494 e. The van der Waals surface area contributed by atoms with Crippen LogP contribution >= 0.6 is 0 Å². The average molecular weight is 360 g/mol. The molecule has 2 aliphatic heterocycles. The van der Waals surface area contributed by atoms with Crippen LogP contribution in [0.15, 0.2) is 24.3 Å². The SMILES string of the molecule is CC1(C)OB(c2ccc(OCCCCC3CCOCC3)cc2)OC1(C)C. The lowest BCUT2D eigenvalue weighted by atomic mass is 9.79. The van der Waals surface area contributed by atoms with Gasteiger partial charge in [-0.25, -0.2) is 0 Å². The van der Waals surface area contributed by atoms with Crippen molar-refractivity contribution in [3.05, 3.63) is 24.3 Å². The Morgan fingerprint density at radius 1 is 0.962 bits per heavy atom. The lowest BCUT2D eigenvalue weighted by Gasteiger charge is -2.32. The molecule has 144 valence electrons. The highest BCUT2D eigenvalue weighted by Gasteiger charge is 2.51. The van der Waals surface area contributed by atoms with E-state index in [1.807, 2.05) is 24.3 Å². The highest BCUT2D eigenvalue weighted by atomic mass is 16.7. The highest BCUT2D eigenvalue weighted by Crippen LogP contribution is 2.36. The zero-order valence-corrected chi connectivity index (χ0v) is 16.8. The van der Waals surface area contributed by atoms with Crippen molar-refractivity contribution in [1.82, 2.24) is 0 Å². The predicted octanol–water partition coefficient (Wildman–Crippen LogP) is 3.96. The fourth-order valence-electron chi connectivity index (χ4n) is 3.46. The first-order valence-electron chi connectivity index (χ1n) is 10.0. The number of hydrogen-bond donors (Lipinski definition) is 0. The summed E-state index contributed by atoms with van der Waals surface area (Å²) in [6.45, 7) is 11.0. The molecule has 0 radical (unpaired) electrons. The summed E-state index contributed by atoms with van der Waals surface area (Å²) in [6.07, 6.45) is 6.09. The van der Waals surface area contributed by atoms with Gasteiger partial charge in [-0.1, -0.05) is 18.6 Å². The molecule has 1 aromatic carbocycles. The van der Waals surface area contributed by atoms with Crippen LogP contribution in [0.5, 0.6) is 5.75 Å². The Labute approximate surface area is 158 Å². The van der Waals surface area contributed by atoms with Crippen molar-refractivity contribution >= 4 is 12.6 Å². The molecule has 26 heavy (non-hydrogen) atoms. The van der Waals surface area contributed by atoms with Gasteiger partial charge < -0.3 is 18.8 Å². The summed E-state index contributed by atoms with van der Waals surface area (Å²) in [5.41, 5.74) is 0.421. The molecule has 2 heterocycles. The van der Waals surface area contributed by atoms with Gasteiger partial charge in [0.2, 0.25) is 0 Å². The Bertz CT molecular complexity index is 548. The minimum atomic E-state index is -0.312. The summed E-state index contributed by atoms with van der Waals surface area (Å²) >= 11 is 0. The first-order valence-corrected chi connectivity index (χ1v) is 10.0. The third-order valence-corrected chi connectivity index (χ3v) is 6.02. The maximum absolute atomic E-state index is 6.09. The molecule has 4 nitrogen and oxygen atoms in total. The highest BCUT2D eigenvalue weighted by molar-refractivity contribution is 6.62. The first kappa shape index (κ1) is 19.7.